The van der Waals surface area contributed by atoms with Crippen LogP contribution in [-0.2, 0) is 14.3 Å². The molecule has 2 atom stereocenters. The second-order valence-electron chi connectivity index (χ2n) is 5.80. The van der Waals surface area contributed by atoms with Gasteiger partial charge in [0.1, 0.15) is 12.1 Å². The number of carbonyl (C=O) groups excluding carboxylic acids is 1. The van der Waals surface area contributed by atoms with E-state index in [4.69, 9.17) is 15.2 Å². The first-order valence-corrected chi connectivity index (χ1v) is 6.43. The second-order valence-corrected chi connectivity index (χ2v) is 5.80. The number of nitrogens with two attached hydrogens (primary N) is 1. The molecule has 0 unspecified atom stereocenters. The monoisotopic (exact) mass is 243 g/mol. The average Bonchev–Trinajstić information content (AvgIpc) is 2.66. The van der Waals surface area contributed by atoms with E-state index in [1.807, 2.05) is 27.7 Å². The summed E-state index contributed by atoms with van der Waals surface area (Å²) in [7, 11) is 0. The summed E-state index contributed by atoms with van der Waals surface area (Å²) in [5.74, 6) is -0.339. The van der Waals surface area contributed by atoms with Crippen LogP contribution in [-0.4, -0.2) is 29.8 Å². The third-order valence-corrected chi connectivity index (χ3v) is 2.90. The second kappa shape index (κ2) is 5.83. The van der Waals surface area contributed by atoms with Gasteiger partial charge in [-0.1, -0.05) is 0 Å². The summed E-state index contributed by atoms with van der Waals surface area (Å²) in [6, 6.07) is -0.699. The van der Waals surface area contributed by atoms with E-state index in [9.17, 15) is 4.79 Å². The van der Waals surface area contributed by atoms with E-state index in [0.717, 1.165) is 25.7 Å². The fourth-order valence-corrected chi connectivity index (χ4v) is 2.07. The Kier molecular flexibility index (Phi) is 4.95. The summed E-state index contributed by atoms with van der Waals surface area (Å²) >= 11 is 0. The zero-order valence-electron chi connectivity index (χ0n) is 11.4. The van der Waals surface area contributed by atoms with Crippen molar-refractivity contribution in [1.82, 2.24) is 0 Å². The number of rotatable bonds is 4. The topological polar surface area (TPSA) is 61.5 Å². The Labute approximate surface area is 104 Å². The Bertz CT molecular complexity index is 254. The minimum Gasteiger partial charge on any atom is -0.461 e. The highest BCUT2D eigenvalue weighted by atomic mass is 16.6. The third kappa shape index (κ3) is 5.04. The Morgan fingerprint density at radius 3 is 2.29 bits per heavy atom. The molecule has 17 heavy (non-hydrogen) atoms. The molecule has 0 bridgehead atoms. The fraction of sp³-hybridized carbons (Fsp3) is 0.923. The van der Waals surface area contributed by atoms with E-state index in [0.29, 0.717) is 0 Å². The van der Waals surface area contributed by atoms with Crippen molar-refractivity contribution in [1.29, 1.82) is 0 Å². The quantitative estimate of drug-likeness (QED) is 0.767. The van der Waals surface area contributed by atoms with Gasteiger partial charge in [0.2, 0.25) is 0 Å². The molecule has 100 valence electrons. The fourth-order valence-electron chi connectivity index (χ4n) is 2.07. The molecule has 0 aromatic rings. The largest absolute Gasteiger partial charge is 0.461 e. The van der Waals surface area contributed by atoms with Gasteiger partial charge in [0.05, 0.1) is 11.7 Å². The van der Waals surface area contributed by atoms with Gasteiger partial charge in [0.25, 0.3) is 0 Å². The van der Waals surface area contributed by atoms with Crippen LogP contribution in [0.15, 0.2) is 0 Å². The van der Waals surface area contributed by atoms with Crippen molar-refractivity contribution < 1.29 is 14.3 Å². The number of esters is 1. The maximum Gasteiger partial charge on any atom is 0.325 e. The molecule has 0 aromatic carbocycles. The number of ether oxygens (including phenoxy) is 2. The average molecular weight is 243 g/mol. The highest BCUT2D eigenvalue weighted by Crippen LogP contribution is 2.22. The van der Waals surface area contributed by atoms with Crippen molar-refractivity contribution in [3.05, 3.63) is 0 Å². The van der Waals surface area contributed by atoms with Gasteiger partial charge in [0.15, 0.2) is 0 Å². The van der Waals surface area contributed by atoms with Crippen molar-refractivity contribution in [3.63, 3.8) is 0 Å². The van der Waals surface area contributed by atoms with E-state index < -0.39 is 6.04 Å². The Balaban J connectivity index is 2.39. The first-order valence-electron chi connectivity index (χ1n) is 6.43. The van der Waals surface area contributed by atoms with E-state index in [1.54, 1.807) is 0 Å². The summed E-state index contributed by atoms with van der Waals surface area (Å²) in [5, 5.41) is 0. The van der Waals surface area contributed by atoms with Crippen molar-refractivity contribution >= 4 is 5.97 Å². The van der Waals surface area contributed by atoms with Gasteiger partial charge in [-0.25, -0.2) is 0 Å². The Morgan fingerprint density at radius 2 is 1.82 bits per heavy atom. The molecule has 0 saturated heterocycles. The predicted molar refractivity (Wildman–Crippen MR) is 66.6 cm³/mol. The van der Waals surface area contributed by atoms with Crippen molar-refractivity contribution in [2.45, 2.75) is 77.2 Å². The smallest absolute Gasteiger partial charge is 0.325 e. The van der Waals surface area contributed by atoms with Crippen LogP contribution in [0.1, 0.15) is 53.4 Å². The molecule has 1 saturated carbocycles. The molecule has 0 aliphatic heterocycles. The van der Waals surface area contributed by atoms with E-state index in [1.165, 1.54) is 0 Å². The van der Waals surface area contributed by atoms with Crippen molar-refractivity contribution in [3.8, 4) is 0 Å². The molecule has 4 nitrogen and oxygen atoms in total. The zero-order chi connectivity index (χ0) is 13.1. The lowest BCUT2D eigenvalue weighted by Crippen LogP contribution is -2.46. The summed E-state index contributed by atoms with van der Waals surface area (Å²) in [6.45, 7) is 7.64. The first kappa shape index (κ1) is 14.5. The van der Waals surface area contributed by atoms with Gasteiger partial charge >= 0.3 is 5.97 Å². The van der Waals surface area contributed by atoms with Gasteiger partial charge in [-0.05, 0) is 53.4 Å². The standard InChI is InChI=1S/C13H25NO3/c1-9(17-13(2,3)4)11(14)12(15)16-10-7-5-6-8-10/h9-11H,5-8,14H2,1-4H3/t9-,11+/m1/s1. The molecule has 0 radical (unpaired) electrons. The molecule has 0 spiro atoms. The summed E-state index contributed by atoms with van der Waals surface area (Å²) in [4.78, 5) is 11.8. The molecular formula is C13H25NO3. The maximum atomic E-state index is 11.8. The van der Waals surface area contributed by atoms with Crippen molar-refractivity contribution in [2.75, 3.05) is 0 Å². The molecule has 0 aromatic heterocycles. The Hall–Kier alpha value is -0.610. The van der Waals surface area contributed by atoms with Crippen LogP contribution < -0.4 is 5.73 Å². The minimum absolute atomic E-state index is 0.0652. The van der Waals surface area contributed by atoms with Crippen LogP contribution in [0.5, 0.6) is 0 Å². The van der Waals surface area contributed by atoms with Crippen LogP contribution in [0.3, 0.4) is 0 Å². The molecule has 0 amide bonds. The van der Waals surface area contributed by atoms with Crippen LogP contribution >= 0.6 is 0 Å². The normalized spacial score (nSPS) is 21.2. The van der Waals surface area contributed by atoms with Crippen LogP contribution in [0.4, 0.5) is 0 Å². The molecule has 1 aliphatic carbocycles. The molecular weight excluding hydrogens is 218 g/mol. The molecule has 2 N–H and O–H groups in total. The summed E-state index contributed by atoms with van der Waals surface area (Å²) in [6.07, 6.45) is 3.95. The predicted octanol–water partition coefficient (Wildman–Crippen LogP) is 2.00. The summed E-state index contributed by atoms with van der Waals surface area (Å²) in [5.41, 5.74) is 5.55. The summed E-state index contributed by atoms with van der Waals surface area (Å²) < 4.78 is 11.0. The highest BCUT2D eigenvalue weighted by molar-refractivity contribution is 5.76. The molecule has 0 heterocycles. The van der Waals surface area contributed by atoms with Crippen molar-refractivity contribution in [2.24, 2.45) is 5.73 Å². The number of carbonyl (C=O) groups is 1. The van der Waals surface area contributed by atoms with Gasteiger partial charge in [0, 0.05) is 0 Å². The van der Waals surface area contributed by atoms with Gasteiger partial charge < -0.3 is 15.2 Å². The lowest BCUT2D eigenvalue weighted by atomic mass is 10.1. The molecule has 1 rings (SSSR count). The third-order valence-electron chi connectivity index (χ3n) is 2.90. The lowest BCUT2D eigenvalue weighted by Gasteiger charge is -2.28. The van der Waals surface area contributed by atoms with E-state index >= 15 is 0 Å². The molecule has 4 heteroatoms. The lowest BCUT2D eigenvalue weighted by molar-refractivity contribution is -0.157. The van der Waals surface area contributed by atoms with Gasteiger partial charge in [-0.2, -0.15) is 0 Å². The number of hydrogen-bond donors (Lipinski definition) is 1. The maximum absolute atomic E-state index is 11.8. The molecule has 1 fully saturated rings. The van der Waals surface area contributed by atoms with Crippen LogP contribution in [0.2, 0.25) is 0 Å². The van der Waals surface area contributed by atoms with Crippen LogP contribution in [0, 0.1) is 0 Å². The van der Waals surface area contributed by atoms with Gasteiger partial charge in [-0.3, -0.25) is 4.79 Å². The Morgan fingerprint density at radius 1 is 1.29 bits per heavy atom. The minimum atomic E-state index is -0.699. The first-order chi connectivity index (χ1) is 7.79. The molecule has 1 aliphatic rings. The highest BCUT2D eigenvalue weighted by Gasteiger charge is 2.29. The number of hydrogen-bond acceptors (Lipinski definition) is 4. The SMILES string of the molecule is C[C@@H](OC(C)(C)C)[C@H](N)C(=O)OC1CCCC1. The van der Waals surface area contributed by atoms with Gasteiger partial charge in [-0.15, -0.1) is 0 Å². The van der Waals surface area contributed by atoms with E-state index in [-0.39, 0.29) is 23.8 Å². The zero-order valence-corrected chi connectivity index (χ0v) is 11.4. The van der Waals surface area contributed by atoms with Crippen LogP contribution in [0.25, 0.3) is 0 Å². The van der Waals surface area contributed by atoms with E-state index in [2.05, 4.69) is 0 Å².